The first-order valence-corrected chi connectivity index (χ1v) is 5.10. The van der Waals surface area contributed by atoms with Gasteiger partial charge >= 0.3 is 24.2 Å². The second kappa shape index (κ2) is 9.48. The molecular formula is C10H12O10. The molecule has 0 aromatic heterocycles. The van der Waals surface area contributed by atoms with Gasteiger partial charge in [0, 0.05) is 0 Å². The normalized spacial score (nSPS) is 21.4. The summed E-state index contributed by atoms with van der Waals surface area (Å²) in [4.78, 5) is 47.3. The van der Waals surface area contributed by atoms with Crippen LogP contribution in [0.2, 0.25) is 0 Å². The van der Waals surface area contributed by atoms with Crippen LogP contribution in [0.1, 0.15) is 0 Å². The van der Waals surface area contributed by atoms with E-state index in [0.717, 1.165) is 0 Å². The predicted molar refractivity (Wildman–Crippen MR) is 55.0 cm³/mol. The molecule has 2 atom stereocenters. The lowest BCUT2D eigenvalue weighted by molar-refractivity contribution is -0.191. The Bertz CT molecular complexity index is 379. The summed E-state index contributed by atoms with van der Waals surface area (Å²) in [7, 11) is 2.57. The first-order chi connectivity index (χ1) is 9.49. The van der Waals surface area contributed by atoms with Gasteiger partial charge in [0.25, 0.3) is 0 Å². The van der Waals surface area contributed by atoms with E-state index in [1.165, 1.54) is 14.2 Å². The van der Waals surface area contributed by atoms with Gasteiger partial charge in [0.1, 0.15) is 6.61 Å². The van der Waals surface area contributed by atoms with Crippen molar-refractivity contribution in [2.24, 2.45) is 0 Å². The molecule has 0 aromatic carbocycles. The molecule has 0 radical (unpaired) electrons. The Morgan fingerprint density at radius 1 is 1.10 bits per heavy atom. The van der Waals surface area contributed by atoms with Crippen molar-refractivity contribution in [3.63, 3.8) is 0 Å². The molecule has 2 heterocycles. The Hall–Kier alpha value is -2.45. The number of carbonyl (C=O) groups is 3. The lowest BCUT2D eigenvalue weighted by atomic mass is 10.4. The maximum Gasteiger partial charge on any atom is 0.509 e. The summed E-state index contributed by atoms with van der Waals surface area (Å²) in [5.41, 5.74) is 0. The molecule has 2 rings (SSSR count). The number of hydrogen-bond donors (Lipinski definition) is 0. The van der Waals surface area contributed by atoms with Crippen LogP contribution >= 0.6 is 0 Å². The van der Waals surface area contributed by atoms with E-state index in [-0.39, 0.29) is 24.8 Å². The summed E-state index contributed by atoms with van der Waals surface area (Å²) in [5.74, 6) is -0.856. The number of esters is 2. The molecular weight excluding hydrogens is 280 g/mol. The van der Waals surface area contributed by atoms with Gasteiger partial charge in [-0.15, -0.1) is 0 Å². The SMILES string of the molecule is COC(=O)C1CO1.COC(=O)C1COC(=O)O1.O=C=O. The van der Waals surface area contributed by atoms with E-state index < -0.39 is 18.2 Å². The molecule has 10 nitrogen and oxygen atoms in total. The first-order valence-electron chi connectivity index (χ1n) is 5.10. The van der Waals surface area contributed by atoms with Crippen molar-refractivity contribution in [2.45, 2.75) is 12.2 Å². The van der Waals surface area contributed by atoms with Gasteiger partial charge in [-0.25, -0.2) is 14.4 Å². The van der Waals surface area contributed by atoms with Gasteiger partial charge in [-0.05, 0) is 0 Å². The van der Waals surface area contributed by atoms with E-state index in [1.807, 2.05) is 0 Å². The minimum atomic E-state index is -0.877. The van der Waals surface area contributed by atoms with Crippen LogP contribution in [0.4, 0.5) is 4.79 Å². The Balaban J connectivity index is 0.000000315. The maximum atomic E-state index is 10.6. The van der Waals surface area contributed by atoms with Gasteiger partial charge in [-0.3, -0.25) is 0 Å². The molecule has 0 saturated carbocycles. The summed E-state index contributed by atoms with van der Waals surface area (Å²) in [5, 5.41) is 0. The molecule has 0 amide bonds. The van der Waals surface area contributed by atoms with E-state index >= 15 is 0 Å². The highest BCUT2D eigenvalue weighted by molar-refractivity contribution is 5.79. The van der Waals surface area contributed by atoms with Gasteiger partial charge in [0.15, 0.2) is 6.10 Å². The van der Waals surface area contributed by atoms with Crippen LogP contribution in [0.3, 0.4) is 0 Å². The lowest BCUT2D eigenvalue weighted by Gasteiger charge is -2.00. The maximum absolute atomic E-state index is 10.6. The first kappa shape index (κ1) is 17.6. The predicted octanol–water partition coefficient (Wildman–Crippen LogP) is -1.33. The number of rotatable bonds is 2. The van der Waals surface area contributed by atoms with Crippen molar-refractivity contribution in [2.75, 3.05) is 27.4 Å². The van der Waals surface area contributed by atoms with Crippen LogP contribution in [-0.2, 0) is 42.9 Å². The Kier molecular flexibility index (Phi) is 8.32. The van der Waals surface area contributed by atoms with E-state index in [1.54, 1.807) is 0 Å². The largest absolute Gasteiger partial charge is 0.509 e. The molecule has 2 unspecified atom stereocenters. The van der Waals surface area contributed by atoms with Crippen molar-refractivity contribution in [3.8, 4) is 0 Å². The fraction of sp³-hybridized carbons (Fsp3) is 0.600. The molecule has 20 heavy (non-hydrogen) atoms. The third kappa shape index (κ3) is 7.09. The summed E-state index contributed by atoms with van der Waals surface area (Å²) in [6.45, 7) is 0.484. The lowest BCUT2D eigenvalue weighted by Crippen LogP contribution is -2.23. The van der Waals surface area contributed by atoms with Crippen LogP contribution in [0.15, 0.2) is 0 Å². The molecule has 10 heteroatoms. The van der Waals surface area contributed by atoms with Crippen LogP contribution in [-0.4, -0.2) is 63.9 Å². The minimum Gasteiger partial charge on any atom is -0.467 e. The number of hydrogen-bond acceptors (Lipinski definition) is 10. The number of carbonyl (C=O) groups excluding carboxylic acids is 5. The number of cyclic esters (lactones) is 2. The minimum absolute atomic E-state index is 0.0501. The van der Waals surface area contributed by atoms with Crippen molar-refractivity contribution < 1.29 is 47.7 Å². The van der Waals surface area contributed by atoms with E-state index in [2.05, 4.69) is 23.7 Å². The Morgan fingerprint density at radius 2 is 1.55 bits per heavy atom. The van der Waals surface area contributed by atoms with E-state index in [9.17, 15) is 14.4 Å². The van der Waals surface area contributed by atoms with Gasteiger partial charge in [-0.2, -0.15) is 9.59 Å². The van der Waals surface area contributed by atoms with Crippen molar-refractivity contribution in [1.82, 2.24) is 0 Å². The second-order valence-corrected chi connectivity index (χ2v) is 3.12. The third-order valence-electron chi connectivity index (χ3n) is 1.85. The zero-order valence-corrected chi connectivity index (χ0v) is 10.7. The molecule has 0 spiro atoms. The Morgan fingerprint density at radius 3 is 1.80 bits per heavy atom. The van der Waals surface area contributed by atoms with Gasteiger partial charge in [0.2, 0.25) is 6.10 Å². The molecule has 0 aromatic rings. The monoisotopic (exact) mass is 292 g/mol. The highest BCUT2D eigenvalue weighted by Crippen LogP contribution is 2.09. The third-order valence-corrected chi connectivity index (χ3v) is 1.85. The highest BCUT2D eigenvalue weighted by atomic mass is 16.8. The Labute approximate surface area is 112 Å². The fourth-order valence-electron chi connectivity index (χ4n) is 0.891. The molecule has 0 aliphatic carbocycles. The van der Waals surface area contributed by atoms with Crippen molar-refractivity contribution in [3.05, 3.63) is 0 Å². The average molecular weight is 292 g/mol. The summed E-state index contributed by atoms with van der Waals surface area (Å²) >= 11 is 0. The van der Waals surface area contributed by atoms with Crippen LogP contribution in [0, 0.1) is 0 Å². The molecule has 2 aliphatic rings. The van der Waals surface area contributed by atoms with E-state index in [4.69, 9.17) is 9.59 Å². The molecule has 0 bridgehead atoms. The molecule has 2 fully saturated rings. The second-order valence-electron chi connectivity index (χ2n) is 3.12. The summed E-state index contributed by atoms with van der Waals surface area (Å²) in [6, 6.07) is 0. The number of methoxy groups -OCH3 is 2. The quantitative estimate of drug-likeness (QED) is 0.342. The fourth-order valence-corrected chi connectivity index (χ4v) is 0.891. The zero-order valence-electron chi connectivity index (χ0n) is 10.7. The molecule has 112 valence electrons. The molecule has 2 aliphatic heterocycles. The van der Waals surface area contributed by atoms with Crippen LogP contribution < -0.4 is 0 Å². The smallest absolute Gasteiger partial charge is 0.467 e. The zero-order chi connectivity index (χ0) is 15.5. The van der Waals surface area contributed by atoms with Gasteiger partial charge < -0.3 is 23.7 Å². The van der Waals surface area contributed by atoms with Crippen LogP contribution in [0.5, 0.6) is 0 Å². The van der Waals surface area contributed by atoms with Crippen LogP contribution in [0.25, 0.3) is 0 Å². The van der Waals surface area contributed by atoms with E-state index in [0.29, 0.717) is 6.61 Å². The van der Waals surface area contributed by atoms with Gasteiger partial charge in [-0.1, -0.05) is 0 Å². The number of ether oxygens (including phenoxy) is 5. The van der Waals surface area contributed by atoms with Crippen molar-refractivity contribution in [1.29, 1.82) is 0 Å². The standard InChI is InChI=1S/C5H6O5.C4H6O3.CO2/c1-8-4(6)3-2-9-5(7)10-3;1-6-4(5)3-2-7-3;2-1-3/h3H,2H2,1H3;3H,2H2,1H3;. The molecule has 2 saturated heterocycles. The summed E-state index contributed by atoms with van der Waals surface area (Å²) in [6.07, 6.45) is -1.70. The number of epoxide rings is 1. The average Bonchev–Trinajstić information content (AvgIpc) is 3.21. The topological polar surface area (TPSA) is 135 Å². The highest BCUT2D eigenvalue weighted by Gasteiger charge is 2.32. The van der Waals surface area contributed by atoms with Crippen molar-refractivity contribution >= 4 is 24.2 Å². The molecule has 0 N–H and O–H groups in total. The van der Waals surface area contributed by atoms with Gasteiger partial charge in [0.05, 0.1) is 20.8 Å². The summed E-state index contributed by atoms with van der Waals surface area (Å²) < 4.78 is 21.9.